The first kappa shape index (κ1) is 10.4. The van der Waals surface area contributed by atoms with Crippen LogP contribution >= 0.6 is 0 Å². The van der Waals surface area contributed by atoms with E-state index in [-0.39, 0.29) is 0 Å². The molecule has 0 aliphatic heterocycles. The fraction of sp³-hybridized carbons (Fsp3) is 0.0769. The molecule has 0 atom stereocenters. The fourth-order valence-corrected chi connectivity index (χ4v) is 1.72. The summed E-state index contributed by atoms with van der Waals surface area (Å²) in [6.45, 7) is 0. The maximum absolute atomic E-state index is 5.85. The average molecular weight is 214 g/mol. The van der Waals surface area contributed by atoms with Gasteiger partial charge in [-0.25, -0.2) is 0 Å². The minimum absolute atomic E-state index is 0.627. The number of ether oxygens (including phenoxy) is 1. The van der Waals surface area contributed by atoms with Crippen molar-refractivity contribution >= 4 is 11.4 Å². The summed E-state index contributed by atoms with van der Waals surface area (Å²) >= 11 is 0. The van der Waals surface area contributed by atoms with Crippen LogP contribution < -0.4 is 16.2 Å². The summed E-state index contributed by atoms with van der Waals surface area (Å²) in [5.41, 5.74) is 14.9. The van der Waals surface area contributed by atoms with Gasteiger partial charge in [0, 0.05) is 11.3 Å². The summed E-state index contributed by atoms with van der Waals surface area (Å²) in [4.78, 5) is 0. The maximum Gasteiger partial charge on any atom is 0.149 e. The largest absolute Gasteiger partial charge is 0.494 e. The van der Waals surface area contributed by atoms with Gasteiger partial charge in [-0.05, 0) is 23.8 Å². The zero-order valence-electron chi connectivity index (χ0n) is 9.10. The van der Waals surface area contributed by atoms with E-state index in [4.69, 9.17) is 16.2 Å². The highest BCUT2D eigenvalue weighted by atomic mass is 16.5. The van der Waals surface area contributed by atoms with Gasteiger partial charge in [0.25, 0.3) is 0 Å². The summed E-state index contributed by atoms with van der Waals surface area (Å²) in [6, 6.07) is 13.3. The number of methoxy groups -OCH3 is 1. The molecule has 0 spiro atoms. The number of para-hydroxylation sites is 1. The summed E-state index contributed by atoms with van der Waals surface area (Å²) in [5, 5.41) is 0. The molecule has 0 aliphatic rings. The molecule has 0 amide bonds. The molecule has 82 valence electrons. The number of benzene rings is 2. The van der Waals surface area contributed by atoms with E-state index in [1.807, 2.05) is 42.5 Å². The smallest absolute Gasteiger partial charge is 0.149 e. The summed E-state index contributed by atoms with van der Waals surface area (Å²) in [5.74, 6) is 0.688. The van der Waals surface area contributed by atoms with Crippen LogP contribution in [0.2, 0.25) is 0 Å². The summed E-state index contributed by atoms with van der Waals surface area (Å²) in [7, 11) is 1.61. The molecule has 3 nitrogen and oxygen atoms in total. The van der Waals surface area contributed by atoms with Gasteiger partial charge in [-0.3, -0.25) is 0 Å². The SMILES string of the molecule is COc1c(N)cccc1-c1cccc(N)c1. The maximum atomic E-state index is 5.85. The Balaban J connectivity index is 2.60. The van der Waals surface area contributed by atoms with Crippen LogP contribution in [0.3, 0.4) is 0 Å². The molecule has 4 N–H and O–H groups in total. The molecule has 0 radical (unpaired) electrons. The van der Waals surface area contributed by atoms with E-state index in [2.05, 4.69) is 0 Å². The quantitative estimate of drug-likeness (QED) is 0.755. The van der Waals surface area contributed by atoms with Gasteiger partial charge in [-0.15, -0.1) is 0 Å². The third-order valence-electron chi connectivity index (χ3n) is 2.45. The van der Waals surface area contributed by atoms with Crippen molar-refractivity contribution in [2.75, 3.05) is 18.6 Å². The molecule has 0 saturated carbocycles. The standard InChI is InChI=1S/C13H14N2O/c1-16-13-11(6-3-7-12(13)15)9-4-2-5-10(14)8-9/h2-8H,14-15H2,1H3. The van der Waals surface area contributed by atoms with Crippen molar-refractivity contribution in [1.82, 2.24) is 0 Å². The van der Waals surface area contributed by atoms with Gasteiger partial charge < -0.3 is 16.2 Å². The molecule has 0 bridgehead atoms. The summed E-state index contributed by atoms with van der Waals surface area (Å²) < 4.78 is 5.30. The lowest BCUT2D eigenvalue weighted by molar-refractivity contribution is 0.418. The van der Waals surface area contributed by atoms with Crippen molar-refractivity contribution in [3.8, 4) is 16.9 Å². The second-order valence-electron chi connectivity index (χ2n) is 3.55. The van der Waals surface area contributed by atoms with Gasteiger partial charge in [0.1, 0.15) is 5.75 Å². The van der Waals surface area contributed by atoms with E-state index in [9.17, 15) is 0 Å². The van der Waals surface area contributed by atoms with E-state index in [1.54, 1.807) is 7.11 Å². The number of nitrogen functional groups attached to an aromatic ring is 2. The Labute approximate surface area is 94.6 Å². The predicted octanol–water partition coefficient (Wildman–Crippen LogP) is 2.53. The highest BCUT2D eigenvalue weighted by Gasteiger charge is 2.08. The Morgan fingerprint density at radius 3 is 2.44 bits per heavy atom. The van der Waals surface area contributed by atoms with Gasteiger partial charge in [0.05, 0.1) is 12.8 Å². The topological polar surface area (TPSA) is 61.3 Å². The van der Waals surface area contributed by atoms with Gasteiger partial charge in [-0.1, -0.05) is 24.3 Å². The minimum atomic E-state index is 0.627. The number of anilines is 2. The highest BCUT2D eigenvalue weighted by Crippen LogP contribution is 2.35. The lowest BCUT2D eigenvalue weighted by Crippen LogP contribution is -1.95. The average Bonchev–Trinajstić information content (AvgIpc) is 2.28. The molecular weight excluding hydrogens is 200 g/mol. The van der Waals surface area contributed by atoms with E-state index in [0.29, 0.717) is 11.4 Å². The molecule has 0 saturated heterocycles. The fourth-order valence-electron chi connectivity index (χ4n) is 1.72. The Morgan fingerprint density at radius 2 is 1.75 bits per heavy atom. The van der Waals surface area contributed by atoms with Gasteiger partial charge >= 0.3 is 0 Å². The number of hydrogen-bond acceptors (Lipinski definition) is 3. The minimum Gasteiger partial charge on any atom is -0.494 e. The van der Waals surface area contributed by atoms with Crippen molar-refractivity contribution in [1.29, 1.82) is 0 Å². The second kappa shape index (κ2) is 4.14. The highest BCUT2D eigenvalue weighted by molar-refractivity contribution is 5.78. The first-order valence-electron chi connectivity index (χ1n) is 5.01. The molecule has 2 rings (SSSR count). The van der Waals surface area contributed by atoms with E-state index in [1.165, 1.54) is 0 Å². The van der Waals surface area contributed by atoms with Gasteiger partial charge in [0.2, 0.25) is 0 Å². The van der Waals surface area contributed by atoms with Crippen molar-refractivity contribution in [3.63, 3.8) is 0 Å². The summed E-state index contributed by atoms with van der Waals surface area (Å²) in [6.07, 6.45) is 0. The predicted molar refractivity (Wildman–Crippen MR) is 67.3 cm³/mol. The molecule has 0 fully saturated rings. The van der Waals surface area contributed by atoms with E-state index < -0.39 is 0 Å². The van der Waals surface area contributed by atoms with Gasteiger partial charge in [-0.2, -0.15) is 0 Å². The van der Waals surface area contributed by atoms with Crippen LogP contribution in [0.25, 0.3) is 11.1 Å². The molecule has 0 aliphatic carbocycles. The Kier molecular flexibility index (Phi) is 2.68. The lowest BCUT2D eigenvalue weighted by Gasteiger charge is -2.11. The lowest BCUT2D eigenvalue weighted by atomic mass is 10.0. The molecule has 0 aromatic heterocycles. The zero-order valence-corrected chi connectivity index (χ0v) is 9.10. The third kappa shape index (κ3) is 1.80. The van der Waals surface area contributed by atoms with Crippen LogP contribution in [0.5, 0.6) is 5.75 Å². The Morgan fingerprint density at radius 1 is 1.00 bits per heavy atom. The first-order valence-corrected chi connectivity index (χ1v) is 5.01. The normalized spacial score (nSPS) is 10.1. The number of rotatable bonds is 2. The molecular formula is C13H14N2O. The van der Waals surface area contributed by atoms with Crippen LogP contribution in [-0.2, 0) is 0 Å². The molecule has 2 aromatic carbocycles. The molecule has 2 aromatic rings. The number of nitrogens with two attached hydrogens (primary N) is 2. The van der Waals surface area contributed by atoms with E-state index in [0.717, 1.165) is 16.8 Å². The van der Waals surface area contributed by atoms with Crippen molar-refractivity contribution < 1.29 is 4.74 Å². The van der Waals surface area contributed by atoms with Gasteiger partial charge in [0.15, 0.2) is 0 Å². The number of hydrogen-bond donors (Lipinski definition) is 2. The Bertz CT molecular complexity index is 509. The van der Waals surface area contributed by atoms with Crippen molar-refractivity contribution in [2.45, 2.75) is 0 Å². The van der Waals surface area contributed by atoms with Crippen molar-refractivity contribution in [3.05, 3.63) is 42.5 Å². The Hall–Kier alpha value is -2.16. The first-order chi connectivity index (χ1) is 7.72. The molecule has 16 heavy (non-hydrogen) atoms. The third-order valence-corrected chi connectivity index (χ3v) is 2.45. The molecule has 0 heterocycles. The van der Waals surface area contributed by atoms with Crippen LogP contribution in [-0.4, -0.2) is 7.11 Å². The van der Waals surface area contributed by atoms with E-state index >= 15 is 0 Å². The van der Waals surface area contributed by atoms with Crippen molar-refractivity contribution in [2.24, 2.45) is 0 Å². The van der Waals surface area contributed by atoms with Crippen LogP contribution in [0.4, 0.5) is 11.4 Å². The monoisotopic (exact) mass is 214 g/mol. The molecule has 3 heteroatoms. The zero-order chi connectivity index (χ0) is 11.5. The molecule has 0 unspecified atom stereocenters. The van der Waals surface area contributed by atoms with Crippen LogP contribution in [0.1, 0.15) is 0 Å². The van der Waals surface area contributed by atoms with Crippen LogP contribution in [0.15, 0.2) is 42.5 Å². The van der Waals surface area contributed by atoms with Crippen LogP contribution in [0, 0.1) is 0 Å². The second-order valence-corrected chi connectivity index (χ2v) is 3.55.